The molecule has 0 aromatic carbocycles. The maximum Gasteiger partial charge on any atom is 0.150 e. The molecule has 96 valence electrons. The van der Waals surface area contributed by atoms with Gasteiger partial charge in [-0.2, -0.15) is 0 Å². The number of hydrogen-bond acceptors (Lipinski definition) is 3. The van der Waals surface area contributed by atoms with Crippen LogP contribution in [0.2, 0.25) is 0 Å². The van der Waals surface area contributed by atoms with Gasteiger partial charge in [0.25, 0.3) is 0 Å². The summed E-state index contributed by atoms with van der Waals surface area (Å²) in [5, 5.41) is 3.16. The largest absolute Gasteiger partial charge is 0.311 e. The first kappa shape index (κ1) is 13.9. The lowest BCUT2D eigenvalue weighted by molar-refractivity contribution is 0.206. The van der Waals surface area contributed by atoms with Gasteiger partial charge in [0.15, 0.2) is 0 Å². The Morgan fingerprint density at radius 3 is 2.75 bits per heavy atom. The zero-order valence-corrected chi connectivity index (χ0v) is 10.7. The van der Waals surface area contributed by atoms with Crippen molar-refractivity contribution in [3.05, 3.63) is 0 Å². The van der Waals surface area contributed by atoms with Gasteiger partial charge in [0, 0.05) is 11.8 Å². The molecule has 0 amide bonds. The van der Waals surface area contributed by atoms with E-state index in [0.29, 0.717) is 12.8 Å². The fraction of sp³-hybridized carbons (Fsp3) is 1.00. The predicted octanol–water partition coefficient (Wildman–Crippen LogP) is 1.68. The van der Waals surface area contributed by atoms with Gasteiger partial charge in [0.1, 0.15) is 16.0 Å². The molecule has 1 saturated heterocycles. The van der Waals surface area contributed by atoms with Crippen LogP contribution in [0.15, 0.2) is 0 Å². The van der Waals surface area contributed by atoms with Crippen molar-refractivity contribution >= 4 is 9.84 Å². The van der Waals surface area contributed by atoms with Gasteiger partial charge in [-0.15, -0.1) is 0 Å². The van der Waals surface area contributed by atoms with Crippen LogP contribution in [0.4, 0.5) is 4.39 Å². The van der Waals surface area contributed by atoms with Gasteiger partial charge >= 0.3 is 0 Å². The molecule has 0 spiro atoms. The Kier molecular flexibility index (Phi) is 5.69. The topological polar surface area (TPSA) is 46.2 Å². The summed E-state index contributed by atoms with van der Waals surface area (Å²) >= 11 is 0. The average molecular weight is 251 g/mol. The van der Waals surface area contributed by atoms with E-state index < -0.39 is 16.0 Å². The molecular formula is C11H22FNO2S. The molecule has 0 bridgehead atoms. The number of nitrogens with one attached hydrogen (secondary N) is 1. The SMILES string of the molecule is CCS(=O)(=O)CCCC(F)C1CCCCN1. The fourth-order valence-electron chi connectivity index (χ4n) is 2.03. The lowest BCUT2D eigenvalue weighted by atomic mass is 9.98. The van der Waals surface area contributed by atoms with Crippen LogP contribution < -0.4 is 5.32 Å². The summed E-state index contributed by atoms with van der Waals surface area (Å²) < 4.78 is 36.1. The molecule has 1 aliphatic rings. The lowest BCUT2D eigenvalue weighted by Gasteiger charge is -2.26. The Labute approximate surface area is 97.7 Å². The van der Waals surface area contributed by atoms with Crippen LogP contribution >= 0.6 is 0 Å². The molecule has 2 atom stereocenters. The molecule has 1 N–H and O–H groups in total. The van der Waals surface area contributed by atoms with E-state index in [2.05, 4.69) is 5.32 Å². The summed E-state index contributed by atoms with van der Waals surface area (Å²) in [6.45, 7) is 2.52. The van der Waals surface area contributed by atoms with E-state index in [1.54, 1.807) is 6.92 Å². The van der Waals surface area contributed by atoms with Crippen LogP contribution in [0, 0.1) is 0 Å². The number of rotatable bonds is 6. The smallest absolute Gasteiger partial charge is 0.150 e. The third-order valence-corrected chi connectivity index (χ3v) is 4.95. The van der Waals surface area contributed by atoms with Crippen LogP contribution in [-0.4, -0.2) is 38.7 Å². The molecule has 0 saturated carbocycles. The van der Waals surface area contributed by atoms with E-state index in [1.165, 1.54) is 0 Å². The van der Waals surface area contributed by atoms with Crippen molar-refractivity contribution in [2.24, 2.45) is 0 Å². The molecule has 1 rings (SSSR count). The van der Waals surface area contributed by atoms with Gasteiger partial charge in [-0.3, -0.25) is 0 Å². The minimum absolute atomic E-state index is 0.0573. The van der Waals surface area contributed by atoms with E-state index in [0.717, 1.165) is 25.8 Å². The summed E-state index contributed by atoms with van der Waals surface area (Å²) in [7, 11) is -2.93. The number of halogens is 1. The van der Waals surface area contributed by atoms with Crippen molar-refractivity contribution in [1.82, 2.24) is 5.32 Å². The molecule has 1 fully saturated rings. The number of piperidine rings is 1. The maximum absolute atomic E-state index is 13.7. The fourth-order valence-corrected chi connectivity index (χ4v) is 2.93. The van der Waals surface area contributed by atoms with Crippen molar-refractivity contribution in [2.45, 2.75) is 51.2 Å². The Hall–Kier alpha value is -0.160. The zero-order chi connectivity index (χ0) is 12.0. The van der Waals surface area contributed by atoms with Crippen LogP contribution in [0.5, 0.6) is 0 Å². The normalized spacial score (nSPS) is 24.2. The summed E-state index contributed by atoms with van der Waals surface area (Å²) in [4.78, 5) is 0. The van der Waals surface area contributed by atoms with Crippen LogP contribution in [0.3, 0.4) is 0 Å². The van der Waals surface area contributed by atoms with Crippen molar-refractivity contribution in [3.63, 3.8) is 0 Å². The van der Waals surface area contributed by atoms with Crippen LogP contribution in [-0.2, 0) is 9.84 Å². The van der Waals surface area contributed by atoms with Crippen molar-refractivity contribution in [2.75, 3.05) is 18.1 Å². The van der Waals surface area contributed by atoms with Crippen molar-refractivity contribution in [1.29, 1.82) is 0 Å². The third-order valence-electron chi connectivity index (χ3n) is 3.16. The van der Waals surface area contributed by atoms with Gasteiger partial charge in [-0.25, -0.2) is 12.8 Å². The van der Waals surface area contributed by atoms with E-state index in [1.807, 2.05) is 0 Å². The highest BCUT2D eigenvalue weighted by molar-refractivity contribution is 7.91. The second-order valence-corrected chi connectivity index (χ2v) is 6.92. The molecule has 16 heavy (non-hydrogen) atoms. The standard InChI is InChI=1S/C11H22FNO2S/c1-2-16(14,15)9-5-6-10(12)11-7-3-4-8-13-11/h10-11,13H,2-9H2,1H3. The summed E-state index contributed by atoms with van der Waals surface area (Å²) in [6, 6.07) is -0.0573. The maximum atomic E-state index is 13.7. The van der Waals surface area contributed by atoms with Gasteiger partial charge in [0.05, 0.1) is 5.75 Å². The number of sulfone groups is 1. The summed E-state index contributed by atoms with van der Waals surface area (Å²) in [5.74, 6) is 0.280. The van der Waals surface area contributed by atoms with Crippen molar-refractivity contribution < 1.29 is 12.8 Å². The lowest BCUT2D eigenvalue weighted by Crippen LogP contribution is -2.41. The Morgan fingerprint density at radius 1 is 1.44 bits per heavy atom. The third kappa shape index (κ3) is 4.78. The minimum atomic E-state index is -2.93. The first-order chi connectivity index (χ1) is 7.55. The minimum Gasteiger partial charge on any atom is -0.311 e. The molecule has 1 heterocycles. The van der Waals surface area contributed by atoms with Gasteiger partial charge in [-0.1, -0.05) is 13.3 Å². The zero-order valence-electron chi connectivity index (χ0n) is 9.91. The summed E-state index contributed by atoms with van der Waals surface area (Å²) in [6.07, 6.45) is 2.97. The van der Waals surface area contributed by atoms with E-state index in [9.17, 15) is 12.8 Å². The summed E-state index contributed by atoms with van der Waals surface area (Å²) in [5.41, 5.74) is 0. The quantitative estimate of drug-likeness (QED) is 0.781. The van der Waals surface area contributed by atoms with E-state index in [-0.39, 0.29) is 17.5 Å². The van der Waals surface area contributed by atoms with Crippen molar-refractivity contribution in [3.8, 4) is 0 Å². The second kappa shape index (κ2) is 6.55. The molecule has 0 aliphatic carbocycles. The van der Waals surface area contributed by atoms with E-state index >= 15 is 0 Å². The van der Waals surface area contributed by atoms with Crippen LogP contribution in [0.1, 0.15) is 39.0 Å². The Morgan fingerprint density at radius 2 is 2.19 bits per heavy atom. The first-order valence-electron chi connectivity index (χ1n) is 6.13. The molecule has 2 unspecified atom stereocenters. The Bertz CT molecular complexity index is 286. The molecule has 0 radical (unpaired) electrons. The average Bonchev–Trinajstić information content (AvgIpc) is 2.30. The monoisotopic (exact) mass is 251 g/mol. The molecule has 0 aromatic heterocycles. The van der Waals surface area contributed by atoms with Gasteiger partial charge < -0.3 is 5.32 Å². The highest BCUT2D eigenvalue weighted by atomic mass is 32.2. The number of alkyl halides is 1. The van der Waals surface area contributed by atoms with Crippen LogP contribution in [0.25, 0.3) is 0 Å². The Balaban J connectivity index is 2.21. The molecule has 5 heteroatoms. The number of hydrogen-bond donors (Lipinski definition) is 1. The predicted molar refractivity (Wildman–Crippen MR) is 64.1 cm³/mol. The highest BCUT2D eigenvalue weighted by Gasteiger charge is 2.22. The second-order valence-electron chi connectivity index (χ2n) is 4.45. The molecule has 1 aliphatic heterocycles. The molecule has 3 nitrogen and oxygen atoms in total. The van der Waals surface area contributed by atoms with Gasteiger partial charge in [-0.05, 0) is 32.2 Å². The molecule has 0 aromatic rings. The van der Waals surface area contributed by atoms with Gasteiger partial charge in [0.2, 0.25) is 0 Å². The first-order valence-corrected chi connectivity index (χ1v) is 7.95. The molecular weight excluding hydrogens is 229 g/mol. The highest BCUT2D eigenvalue weighted by Crippen LogP contribution is 2.16. The van der Waals surface area contributed by atoms with E-state index in [4.69, 9.17) is 0 Å².